The molecule has 0 saturated carbocycles. The Balaban J connectivity index is 2.18. The van der Waals surface area contributed by atoms with Crippen LogP contribution in [0.4, 0.5) is 18.9 Å². The van der Waals surface area contributed by atoms with Gasteiger partial charge in [-0.15, -0.1) is 0 Å². The molecule has 1 aliphatic rings. The molecule has 0 radical (unpaired) electrons. The van der Waals surface area contributed by atoms with Gasteiger partial charge in [-0.1, -0.05) is 6.92 Å². The third-order valence-corrected chi connectivity index (χ3v) is 3.50. The van der Waals surface area contributed by atoms with Crippen LogP contribution in [0.3, 0.4) is 0 Å². The molecule has 2 heterocycles. The molecule has 0 saturated heterocycles. The molecular weight excluding hydrogens is 335 g/mol. The molecule has 0 unspecified atom stereocenters. The first-order valence-corrected chi connectivity index (χ1v) is 6.80. The van der Waals surface area contributed by atoms with Crippen LogP contribution in [-0.2, 0) is 11.3 Å². The summed E-state index contributed by atoms with van der Waals surface area (Å²) in [5.41, 5.74) is -3.74. The standard InChI is InChI=1S/C12H14F3N5O4/c1-7(5-18-6-9(4-16-18)20(23)24)10(21)19-11(22,12(13,14)15)3-8(2)17-19/h4,6-7,22H,3,5H2,1-2H3/t7-,11+/m0/s1. The summed E-state index contributed by atoms with van der Waals surface area (Å²) in [6, 6.07) is 0. The Bertz CT molecular complexity index is 701. The van der Waals surface area contributed by atoms with Gasteiger partial charge in [0.25, 0.3) is 5.72 Å². The number of nitrogens with zero attached hydrogens (tertiary/aromatic N) is 5. The van der Waals surface area contributed by atoms with Crippen LogP contribution < -0.4 is 0 Å². The minimum Gasteiger partial charge on any atom is -0.362 e. The third kappa shape index (κ3) is 3.09. The van der Waals surface area contributed by atoms with Crippen molar-refractivity contribution in [1.29, 1.82) is 0 Å². The fourth-order valence-corrected chi connectivity index (χ4v) is 2.29. The number of halogens is 3. The number of aliphatic hydroxyl groups is 1. The van der Waals surface area contributed by atoms with Gasteiger partial charge in [-0.2, -0.15) is 28.4 Å². The second-order valence-electron chi connectivity index (χ2n) is 5.56. The Morgan fingerprint density at radius 3 is 2.71 bits per heavy atom. The van der Waals surface area contributed by atoms with Gasteiger partial charge in [-0.3, -0.25) is 19.6 Å². The van der Waals surface area contributed by atoms with E-state index in [2.05, 4.69) is 10.2 Å². The zero-order chi connectivity index (χ0) is 18.3. The van der Waals surface area contributed by atoms with Crippen LogP contribution in [-0.4, -0.2) is 48.3 Å². The predicted octanol–water partition coefficient (Wildman–Crippen LogP) is 1.29. The maximum absolute atomic E-state index is 13.1. The highest BCUT2D eigenvalue weighted by atomic mass is 19.4. The second kappa shape index (κ2) is 5.85. The molecule has 1 aromatic rings. The van der Waals surface area contributed by atoms with Gasteiger partial charge in [0.2, 0.25) is 5.91 Å². The fourth-order valence-electron chi connectivity index (χ4n) is 2.29. The van der Waals surface area contributed by atoms with Crippen molar-refractivity contribution in [1.82, 2.24) is 14.8 Å². The summed E-state index contributed by atoms with van der Waals surface area (Å²) in [6.45, 7) is 2.38. The second-order valence-corrected chi connectivity index (χ2v) is 5.56. The summed E-state index contributed by atoms with van der Waals surface area (Å²) >= 11 is 0. The van der Waals surface area contributed by atoms with Gasteiger partial charge >= 0.3 is 11.9 Å². The van der Waals surface area contributed by atoms with Crippen LogP contribution in [0, 0.1) is 16.0 Å². The number of carbonyl (C=O) groups excluding carboxylic acids is 1. The topological polar surface area (TPSA) is 114 Å². The molecular formula is C12H14F3N5O4. The summed E-state index contributed by atoms with van der Waals surface area (Å²) in [5.74, 6) is -2.11. The minimum atomic E-state index is -5.08. The van der Waals surface area contributed by atoms with Crippen molar-refractivity contribution in [2.24, 2.45) is 11.0 Å². The van der Waals surface area contributed by atoms with E-state index in [0.717, 1.165) is 17.1 Å². The molecule has 0 aliphatic carbocycles. The summed E-state index contributed by atoms with van der Waals surface area (Å²) in [5, 5.41) is 27.6. The molecule has 0 spiro atoms. The molecule has 1 amide bonds. The van der Waals surface area contributed by atoms with Crippen molar-refractivity contribution >= 4 is 17.3 Å². The maximum atomic E-state index is 13.1. The van der Waals surface area contributed by atoms with Crippen molar-refractivity contribution in [3.8, 4) is 0 Å². The quantitative estimate of drug-likeness (QED) is 0.650. The SMILES string of the molecule is CC1=NN(C(=O)[C@@H](C)Cn2cc([N+](=O)[O-])cn2)[C@](O)(C(F)(F)F)C1. The smallest absolute Gasteiger partial charge is 0.362 e. The van der Waals surface area contributed by atoms with Crippen LogP contribution in [0.25, 0.3) is 0 Å². The van der Waals surface area contributed by atoms with Crippen molar-refractivity contribution in [2.45, 2.75) is 38.7 Å². The Hall–Kier alpha value is -2.50. The summed E-state index contributed by atoms with van der Waals surface area (Å²) in [7, 11) is 0. The number of amides is 1. The van der Waals surface area contributed by atoms with Crippen LogP contribution in [0.5, 0.6) is 0 Å². The molecule has 2 rings (SSSR count). The average molecular weight is 349 g/mol. The van der Waals surface area contributed by atoms with Gasteiger partial charge in [0, 0.05) is 12.1 Å². The van der Waals surface area contributed by atoms with Crippen molar-refractivity contribution in [2.75, 3.05) is 0 Å². The van der Waals surface area contributed by atoms with Gasteiger partial charge in [-0.25, -0.2) is 0 Å². The number of nitro groups is 1. The van der Waals surface area contributed by atoms with E-state index in [1.54, 1.807) is 0 Å². The first-order valence-electron chi connectivity index (χ1n) is 6.80. The fraction of sp³-hybridized carbons (Fsp3) is 0.583. The first-order chi connectivity index (χ1) is 11.0. The summed E-state index contributed by atoms with van der Waals surface area (Å²) < 4.78 is 40.4. The molecule has 0 aromatic carbocycles. The molecule has 0 fully saturated rings. The zero-order valence-electron chi connectivity index (χ0n) is 12.7. The molecule has 2 atom stereocenters. The lowest BCUT2D eigenvalue weighted by atomic mass is 10.1. The number of carbonyl (C=O) groups is 1. The lowest BCUT2D eigenvalue weighted by Gasteiger charge is -2.33. The highest BCUT2D eigenvalue weighted by Crippen LogP contribution is 2.40. The molecule has 1 aromatic heterocycles. The van der Waals surface area contributed by atoms with E-state index in [1.807, 2.05) is 0 Å². The van der Waals surface area contributed by atoms with E-state index in [0.29, 0.717) is 0 Å². The van der Waals surface area contributed by atoms with Gasteiger partial charge < -0.3 is 5.11 Å². The van der Waals surface area contributed by atoms with E-state index >= 15 is 0 Å². The molecule has 9 nitrogen and oxygen atoms in total. The highest BCUT2D eigenvalue weighted by Gasteiger charge is 2.62. The molecule has 0 bridgehead atoms. The van der Waals surface area contributed by atoms with Crippen molar-refractivity contribution in [3.05, 3.63) is 22.5 Å². The van der Waals surface area contributed by atoms with Gasteiger partial charge in [0.05, 0.1) is 17.4 Å². The Morgan fingerprint density at radius 1 is 1.58 bits per heavy atom. The molecule has 1 aliphatic heterocycles. The number of alkyl halides is 3. The van der Waals surface area contributed by atoms with Crippen LogP contribution >= 0.6 is 0 Å². The maximum Gasteiger partial charge on any atom is 0.438 e. The normalized spacial score (nSPS) is 22.4. The van der Waals surface area contributed by atoms with E-state index in [1.165, 1.54) is 13.8 Å². The van der Waals surface area contributed by atoms with Gasteiger partial charge in [0.15, 0.2) is 0 Å². The average Bonchev–Trinajstić information content (AvgIpc) is 3.02. The van der Waals surface area contributed by atoms with Crippen molar-refractivity contribution in [3.63, 3.8) is 0 Å². The van der Waals surface area contributed by atoms with Crippen molar-refractivity contribution < 1.29 is 28.0 Å². The van der Waals surface area contributed by atoms with Gasteiger partial charge in [0.1, 0.15) is 12.4 Å². The van der Waals surface area contributed by atoms with E-state index in [-0.39, 0.29) is 23.0 Å². The van der Waals surface area contributed by atoms with E-state index in [4.69, 9.17) is 0 Å². The Labute approximate surface area is 133 Å². The summed E-state index contributed by atoms with van der Waals surface area (Å²) in [4.78, 5) is 22.2. The number of hydrazone groups is 1. The number of hydrogen-bond acceptors (Lipinski definition) is 6. The first kappa shape index (κ1) is 17.8. The molecule has 132 valence electrons. The van der Waals surface area contributed by atoms with E-state index in [9.17, 15) is 33.2 Å². The lowest BCUT2D eigenvalue weighted by Crippen LogP contribution is -2.57. The number of hydrogen-bond donors (Lipinski definition) is 1. The van der Waals surface area contributed by atoms with Crippen LogP contribution in [0.15, 0.2) is 17.5 Å². The van der Waals surface area contributed by atoms with Gasteiger partial charge in [-0.05, 0) is 6.92 Å². The minimum absolute atomic E-state index is 0.0327. The monoisotopic (exact) mass is 349 g/mol. The number of rotatable bonds is 4. The number of aromatic nitrogens is 2. The van der Waals surface area contributed by atoms with Crippen LogP contribution in [0.1, 0.15) is 20.3 Å². The lowest BCUT2D eigenvalue weighted by molar-refractivity contribution is -0.385. The zero-order valence-corrected chi connectivity index (χ0v) is 12.7. The van der Waals surface area contributed by atoms with E-state index < -0.39 is 35.1 Å². The third-order valence-electron chi connectivity index (χ3n) is 3.50. The molecule has 12 heteroatoms. The van der Waals surface area contributed by atoms with Crippen LogP contribution in [0.2, 0.25) is 0 Å². The summed E-state index contributed by atoms with van der Waals surface area (Å²) in [6.07, 6.45) is -3.89. The largest absolute Gasteiger partial charge is 0.438 e. The molecule has 1 N–H and O–H groups in total. The highest BCUT2D eigenvalue weighted by molar-refractivity contribution is 5.89. The Kier molecular flexibility index (Phi) is 4.35. The molecule has 24 heavy (non-hydrogen) atoms. The predicted molar refractivity (Wildman–Crippen MR) is 73.6 cm³/mol. The Morgan fingerprint density at radius 2 is 2.21 bits per heavy atom.